The van der Waals surface area contributed by atoms with Crippen LogP contribution in [0.2, 0.25) is 0 Å². The molecule has 1 aliphatic rings. The van der Waals surface area contributed by atoms with Gasteiger partial charge in [-0.2, -0.15) is 4.98 Å². The molecule has 3 atom stereocenters. The molecule has 0 amide bonds. The van der Waals surface area contributed by atoms with Crippen molar-refractivity contribution in [3.8, 4) is 0 Å². The second-order valence-electron chi connectivity index (χ2n) is 5.50. The topological polar surface area (TPSA) is 370 Å². The van der Waals surface area contributed by atoms with Crippen molar-refractivity contribution in [2.75, 3.05) is 12.3 Å². The summed E-state index contributed by atoms with van der Waals surface area (Å²) in [4.78, 5) is 79.8. The highest BCUT2D eigenvalue weighted by molar-refractivity contribution is 7.45. The smallest absolute Gasteiger partial charge is 0.394 e. The van der Waals surface area contributed by atoms with Gasteiger partial charge in [0.1, 0.15) is 11.9 Å². The van der Waals surface area contributed by atoms with Crippen LogP contribution in [0.3, 0.4) is 0 Å². The highest BCUT2D eigenvalue weighted by Gasteiger charge is 2.45. The summed E-state index contributed by atoms with van der Waals surface area (Å²) >= 11 is 0. The van der Waals surface area contributed by atoms with Crippen LogP contribution in [-0.4, -0.2) is 82.6 Å². The summed E-state index contributed by atoms with van der Waals surface area (Å²) in [6, 6.07) is 1.40. The Labute approximate surface area is 177 Å². The molecule has 0 radical (unpaired) electrons. The molecule has 23 heteroatoms. The Morgan fingerprint density at radius 2 is 1.41 bits per heavy atom. The maximum atomic E-state index is 11.6. The van der Waals surface area contributed by atoms with Crippen LogP contribution in [0, 0.1) is 0 Å². The Balaban J connectivity index is 0. The summed E-state index contributed by atoms with van der Waals surface area (Å²) in [6.45, 7) is -0.378. The van der Waals surface area contributed by atoms with E-state index < -0.39 is 47.2 Å². The zero-order chi connectivity index (χ0) is 26.1. The van der Waals surface area contributed by atoms with E-state index >= 15 is 0 Å². The Morgan fingerprint density at radius 3 is 1.69 bits per heavy atom. The number of nitrogens with zero attached hydrogens (tertiary/aromatic N) is 2. The first-order chi connectivity index (χ1) is 14.0. The number of aliphatic hydroxyl groups excluding tert-OH is 2. The molecule has 0 unspecified atom stereocenters. The van der Waals surface area contributed by atoms with Crippen LogP contribution < -0.4 is 17.2 Å². The van der Waals surface area contributed by atoms with Crippen molar-refractivity contribution in [1.82, 2.24) is 9.55 Å². The molecule has 190 valence electrons. The molecule has 0 bridgehead atoms. The van der Waals surface area contributed by atoms with Crippen LogP contribution in [0.25, 0.3) is 0 Å². The van der Waals surface area contributed by atoms with Gasteiger partial charge in [0.05, 0.1) is 12.7 Å². The molecule has 1 aliphatic heterocycles. The standard InChI is InChI=1S/C9H14N4O4.3H3O4P/c10-7-1-2-13(8(16)12-7)9(11)3-5(15)6(4-14)17-9;3*1-5(2,3)4/h1-2,5-6,14-15H,3-4,11H2,(H2,10,12,16);3*(H3,1,2,3,4)/t5-,6+,9-;;;/m0.../s1. The average molecular weight is 536 g/mol. The van der Waals surface area contributed by atoms with E-state index in [1.807, 2.05) is 0 Å². The van der Waals surface area contributed by atoms with Gasteiger partial charge in [0.2, 0.25) is 5.85 Å². The fourth-order valence-electron chi connectivity index (χ4n) is 1.84. The summed E-state index contributed by atoms with van der Waals surface area (Å²) in [5.74, 6) is -1.43. The van der Waals surface area contributed by atoms with Crippen LogP contribution in [0.4, 0.5) is 5.82 Å². The van der Waals surface area contributed by atoms with Crippen molar-refractivity contribution in [2.24, 2.45) is 5.73 Å². The third-order valence-corrected chi connectivity index (χ3v) is 2.70. The van der Waals surface area contributed by atoms with Crippen molar-refractivity contribution >= 4 is 29.3 Å². The fourth-order valence-corrected chi connectivity index (χ4v) is 1.84. The minimum absolute atomic E-state index is 0.0102. The molecule has 1 aromatic heterocycles. The minimum atomic E-state index is -4.64. The molecule has 15 N–H and O–H groups in total. The predicted octanol–water partition coefficient (Wildman–Crippen LogP) is -5.25. The molecule has 0 aromatic carbocycles. The number of rotatable bonds is 2. The van der Waals surface area contributed by atoms with Gasteiger partial charge in [-0.1, -0.05) is 0 Å². The lowest BCUT2D eigenvalue weighted by Crippen LogP contribution is -2.49. The third-order valence-electron chi connectivity index (χ3n) is 2.70. The minimum Gasteiger partial charge on any atom is -0.394 e. The molecule has 0 aliphatic carbocycles. The number of phosphoric acid groups is 3. The van der Waals surface area contributed by atoms with E-state index in [1.165, 1.54) is 12.3 Å². The summed E-state index contributed by atoms with van der Waals surface area (Å²) in [5, 5.41) is 18.6. The maximum Gasteiger partial charge on any atom is 0.466 e. The lowest BCUT2D eigenvalue weighted by Gasteiger charge is -2.25. The fraction of sp³-hybridized carbons (Fsp3) is 0.556. The van der Waals surface area contributed by atoms with Gasteiger partial charge < -0.3 is 64.7 Å². The number of hydrogen-bond acceptors (Lipinski definition) is 10. The predicted molar refractivity (Wildman–Crippen MR) is 100 cm³/mol. The monoisotopic (exact) mass is 536 g/mol. The van der Waals surface area contributed by atoms with E-state index in [0.29, 0.717) is 0 Å². The number of nitrogens with two attached hydrogens (primary N) is 2. The highest BCUT2D eigenvalue weighted by atomic mass is 31.2. The zero-order valence-electron chi connectivity index (χ0n) is 15.6. The van der Waals surface area contributed by atoms with E-state index in [2.05, 4.69) is 4.98 Å². The average Bonchev–Trinajstić information content (AvgIpc) is 2.77. The Hall–Kier alpha value is -1.15. The first-order valence-electron chi connectivity index (χ1n) is 7.42. The third kappa shape index (κ3) is 19.5. The molecule has 2 rings (SSSR count). The van der Waals surface area contributed by atoms with E-state index in [0.717, 1.165) is 4.57 Å². The summed E-state index contributed by atoms with van der Waals surface area (Å²) in [5.41, 5.74) is 10.6. The lowest BCUT2D eigenvalue weighted by atomic mass is 10.1. The Kier molecular flexibility index (Phi) is 13.3. The van der Waals surface area contributed by atoms with Crippen molar-refractivity contribution in [2.45, 2.75) is 24.5 Å². The summed E-state index contributed by atoms with van der Waals surface area (Å²) in [6.07, 6.45) is -0.417. The van der Waals surface area contributed by atoms with Crippen LogP contribution in [0.5, 0.6) is 0 Å². The second-order valence-corrected chi connectivity index (χ2v) is 8.58. The van der Waals surface area contributed by atoms with Crippen molar-refractivity contribution in [3.05, 3.63) is 22.7 Å². The van der Waals surface area contributed by atoms with Crippen LogP contribution in [0.15, 0.2) is 17.1 Å². The van der Waals surface area contributed by atoms with E-state index in [1.54, 1.807) is 0 Å². The quantitative estimate of drug-likeness (QED) is 0.157. The molecule has 1 fully saturated rings. The molecule has 0 saturated carbocycles. The van der Waals surface area contributed by atoms with Crippen molar-refractivity contribution in [1.29, 1.82) is 0 Å². The summed E-state index contributed by atoms with van der Waals surface area (Å²) in [7, 11) is -13.9. The van der Waals surface area contributed by atoms with Gasteiger partial charge in [0, 0.05) is 12.6 Å². The summed E-state index contributed by atoms with van der Waals surface area (Å²) < 4.78 is 33.0. The molecule has 0 spiro atoms. The number of hydrogen-bond donors (Lipinski definition) is 13. The lowest BCUT2D eigenvalue weighted by molar-refractivity contribution is -0.115. The Morgan fingerprint density at radius 1 is 1.03 bits per heavy atom. The van der Waals surface area contributed by atoms with Gasteiger partial charge in [-0.05, 0) is 6.07 Å². The first kappa shape index (κ1) is 33.0. The molecule has 32 heavy (non-hydrogen) atoms. The molecular weight excluding hydrogens is 513 g/mol. The van der Waals surface area contributed by atoms with Crippen molar-refractivity contribution in [3.63, 3.8) is 0 Å². The highest BCUT2D eigenvalue weighted by Crippen LogP contribution is 2.29. The van der Waals surface area contributed by atoms with Gasteiger partial charge in [-0.25, -0.2) is 18.5 Å². The van der Waals surface area contributed by atoms with Gasteiger partial charge >= 0.3 is 29.2 Å². The Bertz CT molecular complexity index is 836. The number of nitrogen functional groups attached to an aromatic ring is 1. The van der Waals surface area contributed by atoms with Crippen LogP contribution in [0.1, 0.15) is 6.42 Å². The van der Waals surface area contributed by atoms with E-state index in [4.69, 9.17) is 79.0 Å². The van der Waals surface area contributed by atoms with E-state index in [9.17, 15) is 9.90 Å². The molecule has 2 heterocycles. The van der Waals surface area contributed by atoms with Crippen LogP contribution in [-0.2, 0) is 24.3 Å². The van der Waals surface area contributed by atoms with Gasteiger partial charge in [0.25, 0.3) is 0 Å². The van der Waals surface area contributed by atoms with Crippen molar-refractivity contribution < 1.29 is 72.7 Å². The normalized spacial score (nSPS) is 23.0. The number of ether oxygens (including phenoxy) is 1. The SMILES string of the molecule is Nc1ccn([C@@]2(N)C[C@H](O)[C@@H](CO)O2)c(=O)n1.O=P(O)(O)O.O=P(O)(O)O.O=P(O)(O)O. The molecule has 1 saturated heterocycles. The van der Waals surface area contributed by atoms with Gasteiger partial charge in [-0.15, -0.1) is 0 Å². The molecular formula is C9H23N4O16P3. The second kappa shape index (κ2) is 12.9. The first-order valence-corrected chi connectivity index (χ1v) is 12.1. The largest absolute Gasteiger partial charge is 0.466 e. The van der Waals surface area contributed by atoms with Gasteiger partial charge in [-0.3, -0.25) is 10.3 Å². The van der Waals surface area contributed by atoms with Crippen LogP contribution >= 0.6 is 23.5 Å². The molecule has 1 aromatic rings. The van der Waals surface area contributed by atoms with Gasteiger partial charge in [0.15, 0.2) is 0 Å². The molecule has 20 nitrogen and oxygen atoms in total. The number of anilines is 1. The zero-order valence-corrected chi connectivity index (χ0v) is 18.3. The number of aliphatic hydroxyl groups is 2. The van der Waals surface area contributed by atoms with E-state index in [-0.39, 0.29) is 18.8 Å². The maximum absolute atomic E-state index is 11.6. The number of aromatic nitrogens is 2.